The first-order chi connectivity index (χ1) is 18.0. The van der Waals surface area contributed by atoms with Crippen molar-refractivity contribution in [2.24, 2.45) is 0 Å². The molecule has 0 bridgehead atoms. The summed E-state index contributed by atoms with van der Waals surface area (Å²) in [4.78, 5) is 15.9. The second kappa shape index (κ2) is 10.0. The van der Waals surface area contributed by atoms with Gasteiger partial charge in [0.1, 0.15) is 13.2 Å². The number of hydrogen-bond donors (Lipinski definition) is 3. The van der Waals surface area contributed by atoms with E-state index >= 15 is 0 Å². The molecule has 0 spiro atoms. The summed E-state index contributed by atoms with van der Waals surface area (Å²) in [5, 5.41) is 39.5. The lowest BCUT2D eigenvalue weighted by Gasteiger charge is -2.13. The Labute approximate surface area is 209 Å². The van der Waals surface area contributed by atoms with Crippen molar-refractivity contribution >= 4 is 28.0 Å². The van der Waals surface area contributed by atoms with E-state index in [4.69, 9.17) is 20.9 Å². The fourth-order valence-corrected chi connectivity index (χ4v) is 3.74. The zero-order chi connectivity index (χ0) is 25.9. The van der Waals surface area contributed by atoms with Crippen molar-refractivity contribution in [3.63, 3.8) is 0 Å². The van der Waals surface area contributed by atoms with Crippen LogP contribution in [0.1, 0.15) is 28.6 Å². The third kappa shape index (κ3) is 4.56. The topological polar surface area (TPSA) is 152 Å². The number of rotatable bonds is 8. The van der Waals surface area contributed by atoms with Crippen LogP contribution in [0.25, 0.3) is 32.8 Å². The number of carbonyl (C=O) groups excluding carboxylic acids is 1. The average molecular weight is 499 g/mol. The third-order valence-electron chi connectivity index (χ3n) is 5.66. The van der Waals surface area contributed by atoms with Crippen molar-refractivity contribution in [3.05, 3.63) is 76.8 Å². The molecule has 0 fully saturated rings. The highest BCUT2D eigenvalue weighted by Crippen LogP contribution is 2.30. The van der Waals surface area contributed by atoms with Crippen LogP contribution in [-0.2, 0) is 13.2 Å². The highest BCUT2D eigenvalue weighted by atomic mass is 16.5. The van der Waals surface area contributed by atoms with Gasteiger partial charge in [-0.2, -0.15) is 4.52 Å². The largest absolute Gasteiger partial charge is 0.473 e. The molecule has 1 amide bonds. The first-order valence-corrected chi connectivity index (χ1v) is 11.3. The highest BCUT2D eigenvalue weighted by Gasteiger charge is 2.19. The van der Waals surface area contributed by atoms with Gasteiger partial charge in [0.25, 0.3) is 0 Å². The molecule has 0 radical (unpaired) electrons. The molecule has 0 saturated carbocycles. The van der Waals surface area contributed by atoms with E-state index in [1.165, 1.54) is 10.6 Å². The lowest BCUT2D eigenvalue weighted by molar-refractivity contribution is 0.0922. The summed E-state index contributed by atoms with van der Waals surface area (Å²) in [6.07, 6.45) is 0. The summed E-state index contributed by atoms with van der Waals surface area (Å²) < 4.78 is 12.6. The maximum Gasteiger partial charge on any atom is 0.250 e. The lowest BCUT2D eigenvalue weighted by Crippen LogP contribution is -2.34. The number of benzene rings is 2. The minimum atomic E-state index is -0.406. The fourth-order valence-electron chi connectivity index (χ4n) is 3.74. The number of hydrogen-bond acceptors (Lipinski definition) is 9. The number of fused-ring (bicyclic) bond motifs is 3. The van der Waals surface area contributed by atoms with E-state index in [1.807, 2.05) is 24.3 Å². The molecule has 1 atom stereocenters. The monoisotopic (exact) mass is 499 g/mol. The molecular formula is C25H21N7O5. The Morgan fingerprint density at radius 2 is 2.00 bits per heavy atom. The molecule has 0 aliphatic carbocycles. The Morgan fingerprint density at radius 1 is 1.19 bits per heavy atom. The molecule has 2 aromatic carbocycles. The van der Waals surface area contributed by atoms with Crippen LogP contribution in [-0.4, -0.2) is 53.7 Å². The number of aliphatic hydroxyl groups is 2. The summed E-state index contributed by atoms with van der Waals surface area (Å²) in [6, 6.07) is 13.3. The van der Waals surface area contributed by atoms with Gasteiger partial charge in [0, 0.05) is 28.4 Å². The Balaban J connectivity index is 1.49. The molecule has 1 unspecified atom stereocenters. The normalized spacial score (nSPS) is 11.9. The van der Waals surface area contributed by atoms with E-state index < -0.39 is 6.04 Å². The van der Waals surface area contributed by atoms with Gasteiger partial charge in [-0.3, -0.25) is 4.79 Å². The number of nitrogens with one attached hydrogen (secondary N) is 1. The van der Waals surface area contributed by atoms with Gasteiger partial charge < -0.3 is 24.8 Å². The Hall–Kier alpha value is -4.86. The van der Waals surface area contributed by atoms with Crippen LogP contribution in [0.15, 0.2) is 53.1 Å². The Kier molecular flexibility index (Phi) is 6.46. The van der Waals surface area contributed by atoms with E-state index in [-0.39, 0.29) is 43.1 Å². The van der Waals surface area contributed by atoms with Crippen LogP contribution in [0, 0.1) is 6.57 Å². The van der Waals surface area contributed by atoms with Crippen molar-refractivity contribution < 1.29 is 24.3 Å². The summed E-state index contributed by atoms with van der Waals surface area (Å²) in [5.41, 5.74) is 1.98. The zero-order valence-electron chi connectivity index (χ0n) is 19.6. The molecular weight excluding hydrogens is 478 g/mol. The molecule has 5 aromatic rings. The van der Waals surface area contributed by atoms with Gasteiger partial charge in [-0.1, -0.05) is 35.5 Å². The molecule has 3 N–H and O–H groups in total. The summed E-state index contributed by atoms with van der Waals surface area (Å²) in [6.45, 7) is 8.77. The van der Waals surface area contributed by atoms with Crippen LogP contribution in [0.4, 0.5) is 5.69 Å². The van der Waals surface area contributed by atoms with E-state index in [0.29, 0.717) is 33.7 Å². The average Bonchev–Trinajstić information content (AvgIpc) is 3.58. The van der Waals surface area contributed by atoms with Crippen molar-refractivity contribution in [1.82, 2.24) is 30.3 Å². The number of aliphatic hydroxyl groups excluding tert-OH is 2. The van der Waals surface area contributed by atoms with E-state index in [1.54, 1.807) is 25.1 Å². The minimum Gasteiger partial charge on any atom is -0.473 e. The standard InChI is InChI=1S/C25H21N7O5/c1-14(11-33)27-24(35)15-7-8-16(20(9-15)26-2)13-36-25-19-6-4-3-5-18(19)22-28-29-23(32(22)30-25)21-10-17(12-34)37-31-21/h3-10,14,33-34H,11-13H2,1H3,(H,27,35). The van der Waals surface area contributed by atoms with Gasteiger partial charge in [0.2, 0.25) is 17.6 Å². The maximum absolute atomic E-state index is 12.4. The fraction of sp³-hybridized carbons (Fsp3) is 0.200. The Morgan fingerprint density at radius 3 is 2.73 bits per heavy atom. The molecule has 0 saturated heterocycles. The van der Waals surface area contributed by atoms with Gasteiger partial charge in [-0.05, 0) is 24.6 Å². The van der Waals surface area contributed by atoms with Crippen molar-refractivity contribution in [2.45, 2.75) is 26.2 Å². The number of aromatic nitrogens is 5. The summed E-state index contributed by atoms with van der Waals surface area (Å²) in [5.74, 6) is 0.487. The van der Waals surface area contributed by atoms with E-state index in [0.717, 1.165) is 5.39 Å². The predicted molar refractivity (Wildman–Crippen MR) is 131 cm³/mol. The number of amides is 1. The maximum atomic E-state index is 12.4. The van der Waals surface area contributed by atoms with Crippen molar-refractivity contribution in [2.75, 3.05) is 6.61 Å². The highest BCUT2D eigenvalue weighted by molar-refractivity contribution is 5.97. The molecule has 0 aliphatic rings. The number of nitrogens with zero attached hydrogens (tertiary/aromatic N) is 6. The number of ether oxygens (including phenoxy) is 1. The van der Waals surface area contributed by atoms with E-state index in [9.17, 15) is 9.90 Å². The molecule has 186 valence electrons. The SMILES string of the molecule is [C-]#[N+]c1cc(C(=O)NC(C)CO)ccc1COc1nn2c(-c3cc(CO)on3)nnc2c2ccccc12. The molecule has 3 heterocycles. The van der Waals surface area contributed by atoms with Crippen LogP contribution in [0.2, 0.25) is 0 Å². The van der Waals surface area contributed by atoms with Gasteiger partial charge in [0.15, 0.2) is 22.8 Å². The first kappa shape index (κ1) is 23.9. The second-order valence-corrected chi connectivity index (χ2v) is 8.25. The smallest absolute Gasteiger partial charge is 0.250 e. The lowest BCUT2D eigenvalue weighted by atomic mass is 10.1. The van der Waals surface area contributed by atoms with Crippen molar-refractivity contribution in [1.29, 1.82) is 0 Å². The van der Waals surface area contributed by atoms with Crippen LogP contribution < -0.4 is 10.1 Å². The molecule has 3 aromatic heterocycles. The molecule has 12 heteroatoms. The van der Waals surface area contributed by atoms with Crippen LogP contribution in [0.3, 0.4) is 0 Å². The van der Waals surface area contributed by atoms with Crippen molar-refractivity contribution in [3.8, 4) is 17.4 Å². The quantitative estimate of drug-likeness (QED) is 0.274. The molecule has 12 nitrogen and oxygen atoms in total. The van der Waals surface area contributed by atoms with Crippen LogP contribution in [0.5, 0.6) is 5.88 Å². The molecule has 0 aliphatic heterocycles. The third-order valence-corrected chi connectivity index (χ3v) is 5.66. The zero-order valence-corrected chi connectivity index (χ0v) is 19.6. The molecule has 37 heavy (non-hydrogen) atoms. The predicted octanol–water partition coefficient (Wildman–Crippen LogP) is 2.67. The van der Waals surface area contributed by atoms with Gasteiger partial charge in [0.05, 0.1) is 13.2 Å². The number of carbonyl (C=O) groups is 1. The molecule has 5 rings (SSSR count). The first-order valence-electron chi connectivity index (χ1n) is 11.3. The van der Waals surface area contributed by atoms with Gasteiger partial charge in [-0.15, -0.1) is 15.3 Å². The van der Waals surface area contributed by atoms with Crippen LogP contribution >= 0.6 is 0 Å². The second-order valence-electron chi connectivity index (χ2n) is 8.25. The van der Waals surface area contributed by atoms with Gasteiger partial charge >= 0.3 is 0 Å². The Bertz CT molecular complexity index is 1650. The summed E-state index contributed by atoms with van der Waals surface area (Å²) in [7, 11) is 0. The van der Waals surface area contributed by atoms with Gasteiger partial charge in [-0.25, -0.2) is 4.85 Å². The van der Waals surface area contributed by atoms with E-state index in [2.05, 4.69) is 30.6 Å². The minimum absolute atomic E-state index is 0.0191. The summed E-state index contributed by atoms with van der Waals surface area (Å²) >= 11 is 0.